The first-order valence-corrected chi connectivity index (χ1v) is 6.19. The SMILES string of the molecule is Cc1cc(C2(N)CCCCC2)cc(N)c1C. The van der Waals surface area contributed by atoms with E-state index >= 15 is 0 Å². The fraction of sp³-hybridized carbons (Fsp3) is 0.571. The van der Waals surface area contributed by atoms with Gasteiger partial charge in [-0.3, -0.25) is 0 Å². The van der Waals surface area contributed by atoms with Crippen molar-refractivity contribution in [1.29, 1.82) is 0 Å². The Hall–Kier alpha value is -1.02. The van der Waals surface area contributed by atoms with Gasteiger partial charge in [0.15, 0.2) is 0 Å². The average Bonchev–Trinajstić information content (AvgIpc) is 2.26. The van der Waals surface area contributed by atoms with Crippen LogP contribution in [-0.2, 0) is 5.54 Å². The quantitative estimate of drug-likeness (QED) is 0.712. The monoisotopic (exact) mass is 218 g/mol. The molecule has 1 aromatic rings. The van der Waals surface area contributed by atoms with Crippen LogP contribution in [0.15, 0.2) is 12.1 Å². The van der Waals surface area contributed by atoms with Gasteiger partial charge in [-0.2, -0.15) is 0 Å². The predicted octanol–water partition coefficient (Wildman–Crippen LogP) is 3.00. The van der Waals surface area contributed by atoms with Crippen molar-refractivity contribution in [3.8, 4) is 0 Å². The summed E-state index contributed by atoms with van der Waals surface area (Å²) in [6.07, 6.45) is 5.98. The fourth-order valence-corrected chi connectivity index (χ4v) is 2.65. The normalized spacial score (nSPS) is 19.7. The lowest BCUT2D eigenvalue weighted by molar-refractivity contribution is 0.302. The molecule has 88 valence electrons. The van der Waals surface area contributed by atoms with Crippen LogP contribution in [0.3, 0.4) is 0 Å². The Morgan fingerprint density at radius 3 is 2.25 bits per heavy atom. The van der Waals surface area contributed by atoms with Gasteiger partial charge in [-0.25, -0.2) is 0 Å². The molecule has 0 unspecified atom stereocenters. The molecule has 2 heteroatoms. The van der Waals surface area contributed by atoms with Gasteiger partial charge in [0.2, 0.25) is 0 Å². The summed E-state index contributed by atoms with van der Waals surface area (Å²) in [6, 6.07) is 4.30. The van der Waals surface area contributed by atoms with E-state index in [1.807, 2.05) is 0 Å². The Labute approximate surface area is 98.0 Å². The van der Waals surface area contributed by atoms with Crippen molar-refractivity contribution in [1.82, 2.24) is 0 Å². The molecule has 0 bridgehead atoms. The molecule has 0 spiro atoms. The van der Waals surface area contributed by atoms with Crippen molar-refractivity contribution < 1.29 is 0 Å². The number of nitrogen functional groups attached to an aromatic ring is 1. The number of rotatable bonds is 1. The van der Waals surface area contributed by atoms with Gasteiger partial charge >= 0.3 is 0 Å². The zero-order valence-electron chi connectivity index (χ0n) is 10.3. The van der Waals surface area contributed by atoms with E-state index in [4.69, 9.17) is 11.5 Å². The molecule has 0 heterocycles. The summed E-state index contributed by atoms with van der Waals surface area (Å²) in [6.45, 7) is 4.18. The molecule has 4 N–H and O–H groups in total. The van der Waals surface area contributed by atoms with Crippen molar-refractivity contribution in [2.45, 2.75) is 51.5 Å². The highest BCUT2D eigenvalue weighted by Gasteiger charge is 2.29. The lowest BCUT2D eigenvalue weighted by Crippen LogP contribution is -2.38. The fourth-order valence-electron chi connectivity index (χ4n) is 2.65. The number of benzene rings is 1. The minimum absolute atomic E-state index is 0.134. The smallest absolute Gasteiger partial charge is 0.0410 e. The van der Waals surface area contributed by atoms with Crippen molar-refractivity contribution in [3.05, 3.63) is 28.8 Å². The molecular formula is C14H22N2. The van der Waals surface area contributed by atoms with Gasteiger partial charge in [-0.15, -0.1) is 0 Å². The average molecular weight is 218 g/mol. The summed E-state index contributed by atoms with van der Waals surface area (Å²) in [5.74, 6) is 0. The van der Waals surface area contributed by atoms with Gasteiger partial charge in [-0.1, -0.05) is 25.3 Å². The molecule has 16 heavy (non-hydrogen) atoms. The second-order valence-electron chi connectivity index (χ2n) is 5.22. The van der Waals surface area contributed by atoms with Crippen LogP contribution in [0, 0.1) is 13.8 Å². The molecule has 2 rings (SSSR count). The van der Waals surface area contributed by atoms with Crippen LogP contribution >= 0.6 is 0 Å². The van der Waals surface area contributed by atoms with Crippen LogP contribution in [0.5, 0.6) is 0 Å². The molecule has 0 radical (unpaired) electrons. The highest BCUT2D eigenvalue weighted by Crippen LogP contribution is 2.36. The number of anilines is 1. The number of hydrogen-bond donors (Lipinski definition) is 2. The maximum absolute atomic E-state index is 6.51. The van der Waals surface area contributed by atoms with E-state index in [2.05, 4.69) is 26.0 Å². The molecule has 1 aliphatic rings. The van der Waals surface area contributed by atoms with E-state index in [0.717, 1.165) is 18.5 Å². The third-order valence-corrected chi connectivity index (χ3v) is 4.03. The van der Waals surface area contributed by atoms with Crippen LogP contribution in [0.2, 0.25) is 0 Å². The molecule has 1 aliphatic carbocycles. The minimum atomic E-state index is -0.134. The second kappa shape index (κ2) is 4.10. The first-order valence-electron chi connectivity index (χ1n) is 6.19. The summed E-state index contributed by atoms with van der Waals surface area (Å²) >= 11 is 0. The topological polar surface area (TPSA) is 52.0 Å². The summed E-state index contributed by atoms with van der Waals surface area (Å²) in [5, 5.41) is 0. The zero-order valence-corrected chi connectivity index (χ0v) is 10.3. The second-order valence-corrected chi connectivity index (χ2v) is 5.22. The van der Waals surface area contributed by atoms with Gasteiger partial charge in [0.05, 0.1) is 0 Å². The van der Waals surface area contributed by atoms with Crippen LogP contribution in [0.1, 0.15) is 48.8 Å². The molecule has 0 saturated heterocycles. The van der Waals surface area contributed by atoms with Gasteiger partial charge < -0.3 is 11.5 Å². The summed E-state index contributed by atoms with van der Waals surface area (Å²) in [5.41, 5.74) is 17.0. The first kappa shape index (κ1) is 11.5. The van der Waals surface area contributed by atoms with Crippen LogP contribution in [0.25, 0.3) is 0 Å². The molecule has 0 amide bonds. The molecule has 0 aliphatic heterocycles. The minimum Gasteiger partial charge on any atom is -0.398 e. The maximum Gasteiger partial charge on any atom is 0.0410 e. The van der Waals surface area contributed by atoms with Gasteiger partial charge in [0.1, 0.15) is 0 Å². The van der Waals surface area contributed by atoms with Crippen molar-refractivity contribution >= 4 is 5.69 Å². The van der Waals surface area contributed by atoms with Crippen molar-refractivity contribution in [3.63, 3.8) is 0 Å². The maximum atomic E-state index is 6.51. The molecule has 1 aromatic carbocycles. The number of hydrogen-bond acceptors (Lipinski definition) is 2. The third-order valence-electron chi connectivity index (χ3n) is 4.03. The molecule has 0 aromatic heterocycles. The molecule has 2 nitrogen and oxygen atoms in total. The van der Waals surface area contributed by atoms with E-state index in [1.54, 1.807) is 0 Å². The summed E-state index contributed by atoms with van der Waals surface area (Å²) in [7, 11) is 0. The van der Waals surface area contributed by atoms with E-state index < -0.39 is 0 Å². The molecule has 1 fully saturated rings. The zero-order chi connectivity index (χ0) is 11.8. The Kier molecular flexibility index (Phi) is 2.94. The lowest BCUT2D eigenvalue weighted by atomic mass is 9.76. The molecule has 0 atom stereocenters. The largest absolute Gasteiger partial charge is 0.398 e. The predicted molar refractivity (Wildman–Crippen MR) is 69.3 cm³/mol. The van der Waals surface area contributed by atoms with E-state index in [9.17, 15) is 0 Å². The van der Waals surface area contributed by atoms with Gasteiger partial charge in [-0.05, 0) is 49.4 Å². The Balaban J connectivity index is 2.39. The Bertz CT molecular complexity index is 367. The standard InChI is InChI=1S/C14H22N2/c1-10-8-12(9-13(15)11(10)2)14(16)6-4-3-5-7-14/h8-9H,3-7,15-16H2,1-2H3. The van der Waals surface area contributed by atoms with Crippen LogP contribution in [0.4, 0.5) is 5.69 Å². The molecule has 1 saturated carbocycles. The summed E-state index contributed by atoms with van der Waals surface area (Å²) in [4.78, 5) is 0. The highest BCUT2D eigenvalue weighted by atomic mass is 14.7. The van der Waals surface area contributed by atoms with E-state index in [0.29, 0.717) is 0 Å². The van der Waals surface area contributed by atoms with E-state index in [-0.39, 0.29) is 5.54 Å². The Morgan fingerprint density at radius 2 is 1.69 bits per heavy atom. The molecular weight excluding hydrogens is 196 g/mol. The van der Waals surface area contributed by atoms with E-state index in [1.165, 1.54) is 36.0 Å². The first-order chi connectivity index (χ1) is 7.53. The summed E-state index contributed by atoms with van der Waals surface area (Å²) < 4.78 is 0. The van der Waals surface area contributed by atoms with Gasteiger partial charge in [0, 0.05) is 11.2 Å². The van der Waals surface area contributed by atoms with Crippen LogP contribution in [-0.4, -0.2) is 0 Å². The third kappa shape index (κ3) is 1.94. The Morgan fingerprint density at radius 1 is 1.06 bits per heavy atom. The van der Waals surface area contributed by atoms with Crippen molar-refractivity contribution in [2.24, 2.45) is 5.73 Å². The van der Waals surface area contributed by atoms with Crippen molar-refractivity contribution in [2.75, 3.05) is 5.73 Å². The highest BCUT2D eigenvalue weighted by molar-refractivity contribution is 5.53. The van der Waals surface area contributed by atoms with Gasteiger partial charge in [0.25, 0.3) is 0 Å². The number of aryl methyl sites for hydroxylation is 1. The lowest BCUT2D eigenvalue weighted by Gasteiger charge is -2.34. The number of nitrogens with two attached hydrogens (primary N) is 2. The van der Waals surface area contributed by atoms with Crippen LogP contribution < -0.4 is 11.5 Å².